The molecule has 0 aromatic heterocycles. The second kappa shape index (κ2) is 11.0. The van der Waals surface area contributed by atoms with Crippen molar-refractivity contribution in [2.75, 3.05) is 18.4 Å². The number of hydrogen-bond acceptors (Lipinski definition) is 3. The van der Waals surface area contributed by atoms with E-state index in [0.29, 0.717) is 35.8 Å². The van der Waals surface area contributed by atoms with Crippen molar-refractivity contribution < 1.29 is 9.59 Å². The second-order valence-electron chi connectivity index (χ2n) is 5.45. The molecule has 0 fully saturated rings. The van der Waals surface area contributed by atoms with E-state index in [1.165, 1.54) is 0 Å². The highest BCUT2D eigenvalue weighted by Crippen LogP contribution is 2.21. The van der Waals surface area contributed by atoms with Gasteiger partial charge in [-0.25, -0.2) is 0 Å². The first-order chi connectivity index (χ1) is 11.1. The number of nitrogens with one attached hydrogen (secondary N) is 2. The minimum Gasteiger partial charge on any atom is -0.352 e. The number of benzene rings is 1. The van der Waals surface area contributed by atoms with E-state index in [1.54, 1.807) is 18.2 Å². The lowest BCUT2D eigenvalue weighted by Crippen LogP contribution is -2.24. The van der Waals surface area contributed by atoms with E-state index in [2.05, 4.69) is 10.6 Å². The maximum Gasteiger partial charge on any atom is 0.252 e. The summed E-state index contributed by atoms with van der Waals surface area (Å²) in [5.74, 6) is -0.244. The van der Waals surface area contributed by atoms with Crippen LogP contribution in [0, 0.1) is 0 Å². The highest BCUT2D eigenvalue weighted by atomic mass is 35.5. The van der Waals surface area contributed by atoms with Crippen LogP contribution >= 0.6 is 11.6 Å². The number of halogens is 1. The molecular formula is C17H26ClN3O2. The third-order valence-electron chi connectivity index (χ3n) is 3.39. The third kappa shape index (κ3) is 7.48. The number of carbonyl (C=O) groups is 2. The summed E-state index contributed by atoms with van der Waals surface area (Å²) in [6, 6.07) is 4.93. The van der Waals surface area contributed by atoms with Crippen LogP contribution in [-0.4, -0.2) is 24.9 Å². The van der Waals surface area contributed by atoms with E-state index in [1.807, 2.05) is 6.92 Å². The van der Waals surface area contributed by atoms with Crippen molar-refractivity contribution in [3.63, 3.8) is 0 Å². The van der Waals surface area contributed by atoms with Crippen LogP contribution in [0.5, 0.6) is 0 Å². The monoisotopic (exact) mass is 339 g/mol. The van der Waals surface area contributed by atoms with Crippen LogP contribution in [0.3, 0.4) is 0 Å². The normalized spacial score (nSPS) is 10.4. The third-order valence-corrected chi connectivity index (χ3v) is 3.70. The first-order valence-electron chi connectivity index (χ1n) is 8.16. The minimum atomic E-state index is -0.199. The first-order valence-corrected chi connectivity index (χ1v) is 8.54. The number of hydrogen-bond donors (Lipinski definition) is 3. The summed E-state index contributed by atoms with van der Waals surface area (Å²) in [4.78, 5) is 23.8. The fraction of sp³-hybridized carbons (Fsp3) is 0.529. The van der Waals surface area contributed by atoms with Crippen molar-refractivity contribution in [2.24, 2.45) is 5.73 Å². The minimum absolute atomic E-state index is 0.0444. The van der Waals surface area contributed by atoms with Gasteiger partial charge >= 0.3 is 0 Å². The van der Waals surface area contributed by atoms with Crippen LogP contribution in [0.15, 0.2) is 18.2 Å². The molecule has 2 amide bonds. The van der Waals surface area contributed by atoms with Crippen LogP contribution < -0.4 is 16.4 Å². The van der Waals surface area contributed by atoms with Crippen molar-refractivity contribution in [3.8, 4) is 0 Å². The molecule has 0 atom stereocenters. The van der Waals surface area contributed by atoms with Crippen LogP contribution in [-0.2, 0) is 4.79 Å². The van der Waals surface area contributed by atoms with Gasteiger partial charge in [0.15, 0.2) is 0 Å². The lowest BCUT2D eigenvalue weighted by molar-refractivity contribution is -0.116. The molecule has 6 heteroatoms. The van der Waals surface area contributed by atoms with Crippen LogP contribution in [0.25, 0.3) is 0 Å². The predicted molar refractivity (Wildman–Crippen MR) is 94.8 cm³/mol. The molecule has 0 heterocycles. The molecule has 0 aliphatic heterocycles. The molecular weight excluding hydrogens is 314 g/mol. The van der Waals surface area contributed by atoms with Gasteiger partial charge in [0, 0.05) is 18.7 Å². The van der Waals surface area contributed by atoms with E-state index in [4.69, 9.17) is 17.3 Å². The quantitative estimate of drug-likeness (QED) is 0.572. The molecule has 4 N–H and O–H groups in total. The smallest absolute Gasteiger partial charge is 0.252 e. The van der Waals surface area contributed by atoms with Crippen molar-refractivity contribution in [2.45, 2.75) is 45.4 Å². The number of carbonyl (C=O) groups excluding carboxylic acids is 2. The fourth-order valence-corrected chi connectivity index (χ4v) is 2.38. The molecule has 5 nitrogen and oxygen atoms in total. The van der Waals surface area contributed by atoms with Gasteiger partial charge in [-0.3, -0.25) is 9.59 Å². The Hall–Kier alpha value is -1.59. The van der Waals surface area contributed by atoms with Gasteiger partial charge in [0.2, 0.25) is 5.91 Å². The molecule has 0 saturated carbocycles. The molecule has 0 aliphatic rings. The van der Waals surface area contributed by atoms with E-state index < -0.39 is 0 Å². The number of rotatable bonds is 10. The van der Waals surface area contributed by atoms with Crippen LogP contribution in [0.1, 0.15) is 55.8 Å². The highest BCUT2D eigenvalue weighted by Gasteiger charge is 2.11. The Bertz CT molecular complexity index is 521. The number of unbranched alkanes of at least 4 members (excludes halogenated alkanes) is 3. The van der Waals surface area contributed by atoms with Crippen molar-refractivity contribution in [1.82, 2.24) is 5.32 Å². The molecule has 0 radical (unpaired) electrons. The highest BCUT2D eigenvalue weighted by molar-refractivity contribution is 6.34. The maximum absolute atomic E-state index is 11.9. The van der Waals surface area contributed by atoms with Crippen LogP contribution in [0.2, 0.25) is 5.02 Å². The Morgan fingerprint density at radius 2 is 1.91 bits per heavy atom. The van der Waals surface area contributed by atoms with Gasteiger partial charge in [0.1, 0.15) is 0 Å². The molecule has 0 aliphatic carbocycles. The standard InChI is InChI=1S/C17H26ClN3O2/c1-2-11-20-17(23)14-9-8-13(12-15(14)18)21-16(22)7-5-3-4-6-10-19/h8-9,12H,2-7,10-11,19H2,1H3,(H,20,23)(H,21,22). The molecule has 128 valence electrons. The average Bonchev–Trinajstić information content (AvgIpc) is 2.52. The lowest BCUT2D eigenvalue weighted by Gasteiger charge is -2.09. The molecule has 0 unspecified atom stereocenters. The molecule has 0 spiro atoms. The summed E-state index contributed by atoms with van der Waals surface area (Å²) in [5, 5.41) is 5.91. The zero-order valence-electron chi connectivity index (χ0n) is 13.7. The SMILES string of the molecule is CCCNC(=O)c1ccc(NC(=O)CCCCCCN)cc1Cl. The number of anilines is 1. The van der Waals surface area contributed by atoms with Gasteiger partial charge in [-0.05, 0) is 44.0 Å². The zero-order chi connectivity index (χ0) is 17.1. The van der Waals surface area contributed by atoms with Crippen LogP contribution in [0.4, 0.5) is 5.69 Å². The Balaban J connectivity index is 2.47. The number of amides is 2. The molecule has 1 aromatic rings. The Kier molecular flexibility index (Phi) is 9.33. The largest absolute Gasteiger partial charge is 0.352 e. The van der Waals surface area contributed by atoms with E-state index in [9.17, 15) is 9.59 Å². The Morgan fingerprint density at radius 1 is 1.17 bits per heavy atom. The average molecular weight is 340 g/mol. The Morgan fingerprint density at radius 3 is 2.57 bits per heavy atom. The van der Waals surface area contributed by atoms with Crippen molar-refractivity contribution >= 4 is 29.1 Å². The topological polar surface area (TPSA) is 84.2 Å². The van der Waals surface area contributed by atoms with Crippen molar-refractivity contribution in [3.05, 3.63) is 28.8 Å². The van der Waals surface area contributed by atoms with E-state index >= 15 is 0 Å². The fourth-order valence-electron chi connectivity index (χ4n) is 2.12. The summed E-state index contributed by atoms with van der Waals surface area (Å²) in [5.41, 5.74) is 6.45. The predicted octanol–water partition coefficient (Wildman–Crippen LogP) is 3.33. The van der Waals surface area contributed by atoms with E-state index in [0.717, 1.165) is 32.1 Å². The molecule has 0 saturated heterocycles. The summed E-state index contributed by atoms with van der Waals surface area (Å²) >= 11 is 6.12. The summed E-state index contributed by atoms with van der Waals surface area (Å²) in [6.45, 7) is 3.29. The molecule has 23 heavy (non-hydrogen) atoms. The molecule has 0 bridgehead atoms. The van der Waals surface area contributed by atoms with Gasteiger partial charge in [-0.1, -0.05) is 31.4 Å². The first kappa shape index (κ1) is 19.5. The van der Waals surface area contributed by atoms with Gasteiger partial charge in [0.05, 0.1) is 10.6 Å². The molecule has 1 rings (SSSR count). The maximum atomic E-state index is 11.9. The molecule has 1 aromatic carbocycles. The van der Waals surface area contributed by atoms with Gasteiger partial charge in [-0.15, -0.1) is 0 Å². The Labute approximate surface area is 143 Å². The summed E-state index contributed by atoms with van der Waals surface area (Å²) in [7, 11) is 0. The van der Waals surface area contributed by atoms with Gasteiger partial charge in [-0.2, -0.15) is 0 Å². The second-order valence-corrected chi connectivity index (χ2v) is 5.86. The zero-order valence-corrected chi connectivity index (χ0v) is 14.4. The van der Waals surface area contributed by atoms with E-state index in [-0.39, 0.29) is 11.8 Å². The number of nitrogens with two attached hydrogens (primary N) is 1. The van der Waals surface area contributed by atoms with Crippen molar-refractivity contribution in [1.29, 1.82) is 0 Å². The summed E-state index contributed by atoms with van der Waals surface area (Å²) < 4.78 is 0. The lowest BCUT2D eigenvalue weighted by atomic mass is 10.1. The van der Waals surface area contributed by atoms with Gasteiger partial charge in [0.25, 0.3) is 5.91 Å². The van der Waals surface area contributed by atoms with Gasteiger partial charge < -0.3 is 16.4 Å². The summed E-state index contributed by atoms with van der Waals surface area (Å²) in [6.07, 6.45) is 5.23.